The maximum absolute atomic E-state index is 13.3. The van der Waals surface area contributed by atoms with Crippen LogP contribution in [0.2, 0.25) is 0 Å². The first-order chi connectivity index (χ1) is 13.1. The first-order valence-corrected chi connectivity index (χ1v) is 10.8. The second kappa shape index (κ2) is 8.95. The molecule has 1 aromatic rings. The summed E-state index contributed by atoms with van der Waals surface area (Å²) in [5, 5.41) is 9.16. The SMILES string of the molecule is CC1(C)C(=O)N(c2ccc(C#N)c(C(F)(F)F)c2)C(=S)N1CCCCCCI. The van der Waals surface area contributed by atoms with E-state index in [9.17, 15) is 18.0 Å². The molecule has 0 atom stereocenters. The molecule has 1 amide bonds. The normalized spacial score (nSPS) is 16.6. The van der Waals surface area contributed by atoms with Crippen LogP contribution in [0.1, 0.15) is 50.7 Å². The number of unbranched alkanes of at least 4 members (excludes halogenated alkanes) is 3. The second-order valence-corrected chi connectivity index (χ2v) is 8.52. The Kier molecular flexibility index (Phi) is 7.31. The summed E-state index contributed by atoms with van der Waals surface area (Å²) in [5.41, 5.74) is -2.47. The average molecular weight is 523 g/mol. The monoisotopic (exact) mass is 523 g/mol. The van der Waals surface area contributed by atoms with E-state index in [2.05, 4.69) is 22.6 Å². The Bertz CT molecular complexity index is 805. The number of halogens is 4. The number of nitriles is 1. The number of amides is 1. The summed E-state index contributed by atoms with van der Waals surface area (Å²) in [6.07, 6.45) is -0.625. The van der Waals surface area contributed by atoms with Crippen LogP contribution in [0.15, 0.2) is 18.2 Å². The van der Waals surface area contributed by atoms with Crippen LogP contribution >= 0.6 is 34.8 Å². The number of hydrogen-bond acceptors (Lipinski definition) is 3. The number of benzene rings is 1. The third-order valence-corrected chi connectivity index (χ3v) is 5.94. The summed E-state index contributed by atoms with van der Waals surface area (Å²) in [6, 6.07) is 4.78. The third kappa shape index (κ3) is 4.59. The summed E-state index contributed by atoms with van der Waals surface area (Å²) in [6.45, 7) is 4.01. The van der Waals surface area contributed by atoms with Crippen molar-refractivity contribution in [1.82, 2.24) is 4.90 Å². The lowest BCUT2D eigenvalue weighted by Crippen LogP contribution is -2.44. The van der Waals surface area contributed by atoms with Crippen LogP contribution in [0, 0.1) is 11.3 Å². The van der Waals surface area contributed by atoms with E-state index in [0.717, 1.165) is 47.1 Å². The van der Waals surface area contributed by atoms with E-state index in [4.69, 9.17) is 17.5 Å². The molecule has 0 aromatic heterocycles. The van der Waals surface area contributed by atoms with Gasteiger partial charge in [-0.05, 0) is 61.5 Å². The van der Waals surface area contributed by atoms with Crippen molar-refractivity contribution in [2.75, 3.05) is 15.9 Å². The molecule has 4 nitrogen and oxygen atoms in total. The fraction of sp³-hybridized carbons (Fsp3) is 0.526. The highest BCUT2D eigenvalue weighted by molar-refractivity contribution is 14.1. The molecule has 152 valence electrons. The van der Waals surface area contributed by atoms with E-state index in [1.807, 2.05) is 0 Å². The van der Waals surface area contributed by atoms with E-state index in [1.165, 1.54) is 6.07 Å². The molecular weight excluding hydrogens is 502 g/mol. The minimum atomic E-state index is -4.70. The molecule has 0 radical (unpaired) electrons. The lowest BCUT2D eigenvalue weighted by atomic mass is 10.0. The molecular formula is C19H21F3IN3OS. The van der Waals surface area contributed by atoms with Crippen molar-refractivity contribution in [2.24, 2.45) is 0 Å². The van der Waals surface area contributed by atoms with Crippen LogP contribution in [-0.4, -0.2) is 32.4 Å². The molecule has 0 bridgehead atoms. The third-order valence-electron chi connectivity index (χ3n) is 4.78. The number of anilines is 1. The molecule has 1 saturated heterocycles. The molecule has 1 heterocycles. The van der Waals surface area contributed by atoms with Crippen molar-refractivity contribution in [3.05, 3.63) is 29.3 Å². The largest absolute Gasteiger partial charge is 0.417 e. The van der Waals surface area contributed by atoms with E-state index in [-0.39, 0.29) is 16.7 Å². The summed E-state index contributed by atoms with van der Waals surface area (Å²) in [5.74, 6) is -0.373. The quantitative estimate of drug-likeness (QED) is 0.211. The minimum absolute atomic E-state index is 0.0295. The van der Waals surface area contributed by atoms with Gasteiger partial charge >= 0.3 is 6.18 Å². The molecule has 1 aliphatic heterocycles. The summed E-state index contributed by atoms with van der Waals surface area (Å²) < 4.78 is 41.0. The van der Waals surface area contributed by atoms with Gasteiger partial charge in [0.1, 0.15) is 5.54 Å². The summed E-state index contributed by atoms with van der Waals surface area (Å²) in [4.78, 5) is 15.9. The Labute approximate surface area is 181 Å². The number of hydrogen-bond donors (Lipinski definition) is 0. The molecule has 0 unspecified atom stereocenters. The van der Waals surface area contributed by atoms with Gasteiger partial charge in [-0.2, -0.15) is 18.4 Å². The number of carbonyl (C=O) groups is 1. The zero-order chi connectivity index (χ0) is 21.1. The van der Waals surface area contributed by atoms with Crippen LogP contribution < -0.4 is 4.90 Å². The van der Waals surface area contributed by atoms with Gasteiger partial charge in [0.2, 0.25) is 0 Å². The van der Waals surface area contributed by atoms with Crippen LogP contribution in [0.25, 0.3) is 0 Å². The Morgan fingerprint density at radius 3 is 2.43 bits per heavy atom. The lowest BCUT2D eigenvalue weighted by molar-refractivity contribution is -0.137. The minimum Gasteiger partial charge on any atom is -0.334 e. The standard InChI is InChI=1S/C19H21F3IN3OS/c1-18(2)16(27)26(17(28)25(18)10-6-4-3-5-9-23)14-8-7-13(12-24)15(11-14)19(20,21)22/h7-8,11H,3-6,9-10H2,1-2H3. The first-order valence-electron chi connectivity index (χ1n) is 8.89. The molecule has 1 aliphatic rings. The number of carbonyl (C=O) groups excluding carboxylic acids is 1. The number of rotatable bonds is 7. The molecule has 0 aliphatic carbocycles. The molecule has 9 heteroatoms. The fourth-order valence-electron chi connectivity index (χ4n) is 3.16. The fourth-order valence-corrected chi connectivity index (χ4v) is 4.21. The molecule has 0 N–H and O–H groups in total. The highest BCUT2D eigenvalue weighted by Crippen LogP contribution is 2.37. The zero-order valence-corrected chi connectivity index (χ0v) is 18.6. The first kappa shape index (κ1) is 22.9. The van der Waals surface area contributed by atoms with Gasteiger partial charge in [-0.15, -0.1) is 0 Å². The molecule has 1 aromatic carbocycles. The van der Waals surface area contributed by atoms with Crippen LogP contribution in [-0.2, 0) is 11.0 Å². The van der Waals surface area contributed by atoms with Crippen molar-refractivity contribution in [3.8, 4) is 6.07 Å². The van der Waals surface area contributed by atoms with Crippen molar-refractivity contribution in [1.29, 1.82) is 5.26 Å². The number of alkyl halides is 4. The van der Waals surface area contributed by atoms with Gasteiger partial charge in [0.25, 0.3) is 5.91 Å². The molecule has 0 saturated carbocycles. The van der Waals surface area contributed by atoms with E-state index in [0.29, 0.717) is 6.54 Å². The molecule has 0 spiro atoms. The lowest BCUT2D eigenvalue weighted by Gasteiger charge is -2.29. The number of nitrogens with zero attached hydrogens (tertiary/aromatic N) is 3. The van der Waals surface area contributed by atoms with Crippen LogP contribution in [0.3, 0.4) is 0 Å². The summed E-state index contributed by atoms with van der Waals surface area (Å²) in [7, 11) is 0. The predicted molar refractivity (Wildman–Crippen MR) is 114 cm³/mol. The Balaban J connectivity index is 2.30. The van der Waals surface area contributed by atoms with Gasteiger partial charge in [-0.3, -0.25) is 9.69 Å². The molecule has 1 fully saturated rings. The maximum Gasteiger partial charge on any atom is 0.417 e. The summed E-state index contributed by atoms with van der Waals surface area (Å²) >= 11 is 7.78. The van der Waals surface area contributed by atoms with Gasteiger partial charge < -0.3 is 4.90 Å². The highest BCUT2D eigenvalue weighted by Gasteiger charge is 2.49. The van der Waals surface area contributed by atoms with Crippen LogP contribution in [0.5, 0.6) is 0 Å². The van der Waals surface area contributed by atoms with Crippen molar-refractivity contribution >= 4 is 51.5 Å². The van der Waals surface area contributed by atoms with Crippen LogP contribution in [0.4, 0.5) is 18.9 Å². The van der Waals surface area contributed by atoms with Gasteiger partial charge in [0.15, 0.2) is 5.11 Å². The van der Waals surface area contributed by atoms with Gasteiger partial charge in [-0.25, -0.2) is 0 Å². The Morgan fingerprint density at radius 1 is 1.21 bits per heavy atom. The molecule has 2 rings (SSSR count). The maximum atomic E-state index is 13.3. The average Bonchev–Trinajstić information content (AvgIpc) is 2.79. The smallest absolute Gasteiger partial charge is 0.334 e. The van der Waals surface area contributed by atoms with Gasteiger partial charge in [0.05, 0.1) is 22.9 Å². The zero-order valence-electron chi connectivity index (χ0n) is 15.6. The topological polar surface area (TPSA) is 47.3 Å². The van der Waals surface area contributed by atoms with E-state index >= 15 is 0 Å². The Morgan fingerprint density at radius 2 is 1.86 bits per heavy atom. The predicted octanol–water partition coefficient (Wildman–Crippen LogP) is 5.28. The van der Waals surface area contributed by atoms with Crippen molar-refractivity contribution in [3.63, 3.8) is 0 Å². The van der Waals surface area contributed by atoms with Gasteiger partial charge in [-0.1, -0.05) is 35.4 Å². The van der Waals surface area contributed by atoms with Crippen molar-refractivity contribution < 1.29 is 18.0 Å². The van der Waals surface area contributed by atoms with Crippen molar-refractivity contribution in [2.45, 2.75) is 51.2 Å². The second-order valence-electron chi connectivity index (χ2n) is 7.08. The van der Waals surface area contributed by atoms with E-state index < -0.39 is 22.8 Å². The Hall–Kier alpha value is -1.41. The highest BCUT2D eigenvalue weighted by atomic mass is 127. The molecule has 28 heavy (non-hydrogen) atoms. The van der Waals surface area contributed by atoms with Gasteiger partial charge in [0, 0.05) is 6.54 Å². The number of thiocarbonyl (C=S) groups is 1. The van der Waals surface area contributed by atoms with E-state index in [1.54, 1.807) is 24.8 Å².